The molecule has 1 aliphatic rings. The number of hydrogen-bond donors (Lipinski definition) is 0. The summed E-state index contributed by atoms with van der Waals surface area (Å²) in [5, 5.41) is -0.594. The minimum Gasteiger partial charge on any atom is -0.490 e. The Morgan fingerprint density at radius 3 is 2.89 bits per heavy atom. The maximum Gasteiger partial charge on any atom is 0.411 e. The summed E-state index contributed by atoms with van der Waals surface area (Å²) in [6, 6.07) is 5.42. The number of ether oxygens (including phenoxy) is 2. The second-order valence-electron chi connectivity index (χ2n) is 4.60. The second kappa shape index (κ2) is 5.59. The third-order valence-electron chi connectivity index (χ3n) is 2.81. The highest BCUT2D eigenvalue weighted by Crippen LogP contribution is 2.32. The van der Waals surface area contributed by atoms with E-state index in [0.717, 1.165) is 23.3 Å². The molecule has 1 aliphatic heterocycles. The molecule has 0 saturated heterocycles. The van der Waals surface area contributed by atoms with Crippen LogP contribution in [0.5, 0.6) is 5.75 Å². The van der Waals surface area contributed by atoms with Gasteiger partial charge in [0, 0.05) is 6.42 Å². The van der Waals surface area contributed by atoms with Gasteiger partial charge in [0.2, 0.25) is 0 Å². The van der Waals surface area contributed by atoms with Crippen molar-refractivity contribution in [1.29, 1.82) is 0 Å². The average molecular weight is 295 g/mol. The van der Waals surface area contributed by atoms with Gasteiger partial charge in [0.25, 0.3) is 0 Å². The molecule has 0 radical (unpaired) electrons. The van der Waals surface area contributed by atoms with Gasteiger partial charge < -0.3 is 9.47 Å². The lowest BCUT2D eigenvalue weighted by Gasteiger charge is -2.13. The van der Waals surface area contributed by atoms with Crippen LogP contribution in [0.2, 0.25) is 0 Å². The van der Waals surface area contributed by atoms with Crippen LogP contribution in [0.4, 0.5) is 13.2 Å². The fourth-order valence-corrected chi connectivity index (χ4v) is 2.24. The van der Waals surface area contributed by atoms with Crippen LogP contribution < -0.4 is 4.74 Å². The van der Waals surface area contributed by atoms with Crippen LogP contribution in [0, 0.1) is 0 Å². The summed E-state index contributed by atoms with van der Waals surface area (Å²) >= 11 is 6.04. The molecular weight excluding hydrogens is 281 g/mol. The van der Waals surface area contributed by atoms with Crippen LogP contribution in [0.3, 0.4) is 0 Å². The number of halogens is 4. The molecule has 0 amide bonds. The van der Waals surface area contributed by atoms with Crippen molar-refractivity contribution in [3.05, 3.63) is 29.3 Å². The van der Waals surface area contributed by atoms with Crippen molar-refractivity contribution < 1.29 is 22.6 Å². The Hall–Kier alpha value is -0.940. The molecule has 2 rings (SSSR count). The zero-order valence-corrected chi connectivity index (χ0v) is 11.1. The summed E-state index contributed by atoms with van der Waals surface area (Å²) in [5.74, 6) is 0.816. The molecule has 0 N–H and O–H groups in total. The number of benzene rings is 1. The third kappa shape index (κ3) is 4.01. The van der Waals surface area contributed by atoms with Gasteiger partial charge >= 0.3 is 6.18 Å². The van der Waals surface area contributed by atoms with Gasteiger partial charge in [0.05, 0.1) is 12.0 Å². The zero-order chi connectivity index (χ0) is 14.0. The standard InChI is InChI=1S/C13H14ClF3O2/c1-8-4-10-5-9(2-3-12(10)19-8)11(14)6-18-7-13(15,16)17/h2-3,5,8,11H,4,6-7H2,1H3. The van der Waals surface area contributed by atoms with E-state index in [2.05, 4.69) is 4.74 Å². The van der Waals surface area contributed by atoms with Gasteiger partial charge in [-0.25, -0.2) is 0 Å². The van der Waals surface area contributed by atoms with Crippen LogP contribution >= 0.6 is 11.6 Å². The van der Waals surface area contributed by atoms with Crippen molar-refractivity contribution in [3.8, 4) is 5.75 Å². The van der Waals surface area contributed by atoms with E-state index in [4.69, 9.17) is 16.3 Å². The molecule has 0 bridgehead atoms. The molecule has 6 heteroatoms. The maximum atomic E-state index is 11.9. The van der Waals surface area contributed by atoms with Crippen LogP contribution in [0.1, 0.15) is 23.4 Å². The summed E-state index contributed by atoms with van der Waals surface area (Å²) in [7, 11) is 0. The van der Waals surface area contributed by atoms with Crippen LogP contribution in [-0.2, 0) is 11.2 Å². The van der Waals surface area contributed by atoms with E-state index >= 15 is 0 Å². The highest BCUT2D eigenvalue weighted by atomic mass is 35.5. The van der Waals surface area contributed by atoms with Gasteiger partial charge in [-0.2, -0.15) is 13.2 Å². The van der Waals surface area contributed by atoms with Crippen molar-refractivity contribution in [1.82, 2.24) is 0 Å². The molecule has 2 nitrogen and oxygen atoms in total. The van der Waals surface area contributed by atoms with Gasteiger partial charge in [-0.3, -0.25) is 0 Å². The maximum absolute atomic E-state index is 11.9. The van der Waals surface area contributed by atoms with Crippen LogP contribution in [-0.4, -0.2) is 25.5 Å². The van der Waals surface area contributed by atoms with Gasteiger partial charge in [0.1, 0.15) is 18.5 Å². The molecule has 0 aromatic heterocycles. The number of alkyl halides is 4. The Bertz CT molecular complexity index is 448. The van der Waals surface area contributed by atoms with Gasteiger partial charge in [0.15, 0.2) is 0 Å². The van der Waals surface area contributed by atoms with Crippen molar-refractivity contribution in [2.45, 2.75) is 31.0 Å². The Labute approximate surface area is 114 Å². The van der Waals surface area contributed by atoms with E-state index in [0.29, 0.717) is 0 Å². The molecule has 2 atom stereocenters. The summed E-state index contributed by atoms with van der Waals surface area (Å²) in [6.07, 6.45) is -3.41. The summed E-state index contributed by atoms with van der Waals surface area (Å²) < 4.78 is 46.0. The molecule has 19 heavy (non-hydrogen) atoms. The Balaban J connectivity index is 1.93. The first-order valence-electron chi connectivity index (χ1n) is 5.93. The molecule has 0 aliphatic carbocycles. The largest absolute Gasteiger partial charge is 0.490 e. The molecule has 1 aromatic rings. The SMILES string of the molecule is CC1Cc2cc(C(Cl)COCC(F)(F)F)ccc2O1. The van der Waals surface area contributed by atoms with Crippen molar-refractivity contribution in [2.75, 3.05) is 13.2 Å². The van der Waals surface area contributed by atoms with E-state index in [1.54, 1.807) is 12.1 Å². The van der Waals surface area contributed by atoms with E-state index in [-0.39, 0.29) is 12.7 Å². The first-order chi connectivity index (χ1) is 8.85. The van der Waals surface area contributed by atoms with Crippen molar-refractivity contribution >= 4 is 11.6 Å². The Kier molecular flexibility index (Phi) is 4.26. The van der Waals surface area contributed by atoms with Gasteiger partial charge in [-0.05, 0) is 24.1 Å². The Morgan fingerprint density at radius 1 is 1.47 bits per heavy atom. The lowest BCUT2D eigenvalue weighted by molar-refractivity contribution is -0.173. The molecule has 0 saturated carbocycles. The van der Waals surface area contributed by atoms with Crippen molar-refractivity contribution in [2.24, 2.45) is 0 Å². The molecular formula is C13H14ClF3O2. The first-order valence-corrected chi connectivity index (χ1v) is 6.37. The number of fused-ring (bicyclic) bond motifs is 1. The fourth-order valence-electron chi connectivity index (χ4n) is 2.01. The fraction of sp³-hybridized carbons (Fsp3) is 0.538. The van der Waals surface area contributed by atoms with Crippen LogP contribution in [0.15, 0.2) is 18.2 Å². The predicted molar refractivity (Wildman–Crippen MR) is 65.7 cm³/mol. The molecule has 1 aromatic carbocycles. The highest BCUT2D eigenvalue weighted by molar-refractivity contribution is 6.20. The molecule has 1 heterocycles. The van der Waals surface area contributed by atoms with Crippen LogP contribution in [0.25, 0.3) is 0 Å². The lowest BCUT2D eigenvalue weighted by Crippen LogP contribution is -2.18. The first kappa shape index (κ1) is 14.5. The normalized spacial score (nSPS) is 19.9. The van der Waals surface area contributed by atoms with E-state index < -0.39 is 18.2 Å². The van der Waals surface area contributed by atoms with E-state index in [1.165, 1.54) is 0 Å². The topological polar surface area (TPSA) is 18.5 Å². The minimum atomic E-state index is -4.32. The molecule has 106 valence electrons. The average Bonchev–Trinajstić information content (AvgIpc) is 2.65. The predicted octanol–water partition coefficient (Wildman–Crippen LogP) is 3.87. The van der Waals surface area contributed by atoms with E-state index in [9.17, 15) is 13.2 Å². The molecule has 0 fully saturated rings. The molecule has 0 spiro atoms. The minimum absolute atomic E-state index is 0.125. The monoisotopic (exact) mass is 294 g/mol. The zero-order valence-electron chi connectivity index (χ0n) is 10.3. The highest BCUT2D eigenvalue weighted by Gasteiger charge is 2.28. The Morgan fingerprint density at radius 2 is 2.21 bits per heavy atom. The quantitative estimate of drug-likeness (QED) is 0.785. The van der Waals surface area contributed by atoms with Gasteiger partial charge in [-0.1, -0.05) is 12.1 Å². The van der Waals surface area contributed by atoms with Gasteiger partial charge in [-0.15, -0.1) is 11.6 Å². The van der Waals surface area contributed by atoms with E-state index in [1.807, 2.05) is 13.0 Å². The lowest BCUT2D eigenvalue weighted by atomic mass is 10.1. The second-order valence-corrected chi connectivity index (χ2v) is 5.12. The number of rotatable bonds is 4. The molecule has 2 unspecified atom stereocenters. The third-order valence-corrected chi connectivity index (χ3v) is 3.19. The van der Waals surface area contributed by atoms with Crippen molar-refractivity contribution in [3.63, 3.8) is 0 Å². The summed E-state index contributed by atoms with van der Waals surface area (Å²) in [6.45, 7) is 0.516. The smallest absolute Gasteiger partial charge is 0.411 e. The summed E-state index contributed by atoms with van der Waals surface area (Å²) in [4.78, 5) is 0. The number of hydrogen-bond acceptors (Lipinski definition) is 2. The summed E-state index contributed by atoms with van der Waals surface area (Å²) in [5.41, 5.74) is 1.78.